The van der Waals surface area contributed by atoms with Gasteiger partial charge in [-0.3, -0.25) is 9.59 Å². The van der Waals surface area contributed by atoms with Crippen molar-refractivity contribution in [1.29, 1.82) is 0 Å². The predicted octanol–water partition coefficient (Wildman–Crippen LogP) is 4.72. The largest absolute Gasteiger partial charge is 0.492 e. The Morgan fingerprint density at radius 2 is 1.53 bits per heavy atom. The Labute approximate surface area is 205 Å². The molecule has 0 spiro atoms. The zero-order chi connectivity index (χ0) is 24.8. The zero-order valence-corrected chi connectivity index (χ0v) is 19.3. The second-order valence-corrected chi connectivity index (χ2v) is 8.46. The van der Waals surface area contributed by atoms with Gasteiger partial charge in [0.1, 0.15) is 11.5 Å². The lowest BCUT2D eigenvalue weighted by Gasteiger charge is -2.16. The van der Waals surface area contributed by atoms with Gasteiger partial charge in [-0.2, -0.15) is 9.35 Å². The van der Waals surface area contributed by atoms with Crippen LogP contribution in [0, 0.1) is 6.92 Å². The van der Waals surface area contributed by atoms with Crippen LogP contribution in [0.5, 0.6) is 5.88 Å². The summed E-state index contributed by atoms with van der Waals surface area (Å²) >= 11 is 0. The molecule has 0 amide bonds. The molecule has 0 bridgehead atoms. The summed E-state index contributed by atoms with van der Waals surface area (Å²) in [4.78, 5) is 35.7. The number of ketones is 1. The van der Waals surface area contributed by atoms with Crippen LogP contribution in [0.3, 0.4) is 0 Å². The van der Waals surface area contributed by atoms with E-state index in [2.05, 4.69) is 4.98 Å². The summed E-state index contributed by atoms with van der Waals surface area (Å²) in [6, 6.07) is 23.9. The molecule has 0 unspecified atom stereocenters. The first kappa shape index (κ1) is 21.5. The molecule has 0 fully saturated rings. The van der Waals surface area contributed by atoms with Gasteiger partial charge in [-0.05, 0) is 42.3 Å². The molecule has 36 heavy (non-hydrogen) atoms. The van der Waals surface area contributed by atoms with Gasteiger partial charge in [-0.15, -0.1) is 0 Å². The molecule has 0 saturated carbocycles. The topological polar surface area (TPSA) is 90.0 Å². The van der Waals surface area contributed by atoms with Crippen molar-refractivity contribution in [3.63, 3.8) is 0 Å². The van der Waals surface area contributed by atoms with Crippen LogP contribution >= 0.6 is 0 Å². The van der Waals surface area contributed by atoms with Crippen molar-refractivity contribution in [3.8, 4) is 17.3 Å². The van der Waals surface area contributed by atoms with Gasteiger partial charge in [0.05, 0.1) is 10.9 Å². The van der Waals surface area contributed by atoms with E-state index in [4.69, 9.17) is 4.98 Å². The number of aryl methyl sites for hydroxylation is 1. The molecule has 6 rings (SSSR count). The first-order valence-electron chi connectivity index (χ1n) is 11.4. The van der Waals surface area contributed by atoms with Crippen molar-refractivity contribution in [2.24, 2.45) is 0 Å². The van der Waals surface area contributed by atoms with Crippen LogP contribution in [0.1, 0.15) is 22.6 Å². The first-order chi connectivity index (χ1) is 17.5. The monoisotopic (exact) mass is 472 g/mol. The number of aromatic hydroxyl groups is 1. The van der Waals surface area contributed by atoms with E-state index < -0.39 is 0 Å². The van der Waals surface area contributed by atoms with Gasteiger partial charge in [0, 0.05) is 11.1 Å². The van der Waals surface area contributed by atoms with Crippen LogP contribution in [-0.2, 0) is 4.79 Å². The predicted molar refractivity (Wildman–Crippen MR) is 139 cm³/mol. The van der Waals surface area contributed by atoms with Crippen LogP contribution in [0.4, 0.5) is 0 Å². The van der Waals surface area contributed by atoms with Gasteiger partial charge in [0.2, 0.25) is 5.88 Å². The third kappa shape index (κ3) is 3.37. The second kappa shape index (κ2) is 8.32. The van der Waals surface area contributed by atoms with Crippen LogP contribution in [0.25, 0.3) is 40.0 Å². The van der Waals surface area contributed by atoms with Gasteiger partial charge in [0.25, 0.3) is 5.56 Å². The number of hydrogen-bond acceptors (Lipinski definition) is 5. The molecule has 2 aromatic heterocycles. The third-order valence-electron chi connectivity index (χ3n) is 6.22. The van der Waals surface area contributed by atoms with Crippen LogP contribution in [0.15, 0.2) is 89.7 Å². The molecular formula is C29H20N4O3. The van der Waals surface area contributed by atoms with E-state index in [9.17, 15) is 14.7 Å². The van der Waals surface area contributed by atoms with Gasteiger partial charge in [0.15, 0.2) is 11.6 Å². The number of carbonyl (C=O) groups is 1. The number of allylic oxidation sites excluding steroid dienone is 2. The standard InChI is InChI=1S/C29H20N4O3/c1-18-30-25(17-23-21-12-6-5-9-19(21)15-16-26(23)34)29(36)32(18)33-27(20-10-3-2-4-11-20)31-24-14-8-7-13-22(24)28(33)35/h2-17,36H,1H3/b23-17-. The molecule has 0 radical (unpaired) electrons. The average molecular weight is 473 g/mol. The number of rotatable bonds is 3. The number of hydrogen-bond donors (Lipinski definition) is 1. The summed E-state index contributed by atoms with van der Waals surface area (Å²) in [7, 11) is 0. The maximum Gasteiger partial charge on any atom is 0.281 e. The fourth-order valence-electron chi connectivity index (χ4n) is 4.51. The van der Waals surface area contributed by atoms with E-state index in [0.29, 0.717) is 33.7 Å². The molecule has 174 valence electrons. The Bertz CT molecular complexity index is 1790. The van der Waals surface area contributed by atoms with E-state index in [0.717, 1.165) is 11.1 Å². The van der Waals surface area contributed by atoms with E-state index in [1.54, 1.807) is 37.3 Å². The fourth-order valence-corrected chi connectivity index (χ4v) is 4.51. The lowest BCUT2D eigenvalue weighted by Crippen LogP contribution is -2.29. The minimum absolute atomic E-state index is 0.181. The molecule has 7 nitrogen and oxygen atoms in total. The number of aromatic nitrogens is 4. The first-order valence-corrected chi connectivity index (χ1v) is 11.4. The molecule has 1 aliphatic rings. The molecule has 7 heteroatoms. The van der Waals surface area contributed by atoms with E-state index in [1.165, 1.54) is 15.4 Å². The highest BCUT2D eigenvalue weighted by Crippen LogP contribution is 2.31. The summed E-state index contributed by atoms with van der Waals surface area (Å²) in [6.07, 6.45) is 4.83. The van der Waals surface area contributed by atoms with Crippen molar-refractivity contribution < 1.29 is 9.90 Å². The summed E-state index contributed by atoms with van der Waals surface area (Å²) in [6.45, 7) is 1.69. The Balaban J connectivity index is 1.61. The molecule has 0 saturated heterocycles. The Morgan fingerprint density at radius 3 is 2.36 bits per heavy atom. The van der Waals surface area contributed by atoms with E-state index in [-0.39, 0.29) is 22.9 Å². The Hall–Kier alpha value is -5.04. The molecule has 5 aromatic rings. The van der Waals surface area contributed by atoms with E-state index >= 15 is 0 Å². The Morgan fingerprint density at radius 1 is 0.806 bits per heavy atom. The summed E-state index contributed by atoms with van der Waals surface area (Å²) < 4.78 is 2.67. The maximum absolute atomic E-state index is 13.7. The lowest BCUT2D eigenvalue weighted by molar-refractivity contribution is -0.109. The third-order valence-corrected chi connectivity index (χ3v) is 6.22. The quantitative estimate of drug-likeness (QED) is 0.384. The second-order valence-electron chi connectivity index (χ2n) is 8.46. The minimum Gasteiger partial charge on any atom is -0.492 e. The lowest BCUT2D eigenvalue weighted by atomic mass is 9.91. The van der Waals surface area contributed by atoms with Crippen LogP contribution in [0.2, 0.25) is 0 Å². The number of imidazole rings is 1. The average Bonchev–Trinajstić information content (AvgIpc) is 3.18. The van der Waals surface area contributed by atoms with E-state index in [1.807, 2.05) is 60.7 Å². The number of para-hydroxylation sites is 1. The molecule has 1 aliphatic carbocycles. The number of nitrogens with zero attached hydrogens (tertiary/aromatic N) is 4. The minimum atomic E-state index is -0.350. The van der Waals surface area contributed by atoms with Crippen LogP contribution < -0.4 is 5.56 Å². The molecule has 3 aromatic carbocycles. The highest BCUT2D eigenvalue weighted by Gasteiger charge is 2.23. The molecule has 2 heterocycles. The molecule has 1 N–H and O–H groups in total. The fraction of sp³-hybridized carbons (Fsp3) is 0.0345. The highest BCUT2D eigenvalue weighted by atomic mass is 16.3. The van der Waals surface area contributed by atoms with Crippen molar-refractivity contribution in [2.75, 3.05) is 0 Å². The zero-order valence-electron chi connectivity index (χ0n) is 19.3. The SMILES string of the molecule is Cc1nc(/C=C2\C(=O)C=Cc3ccccc32)c(O)n1-n1c(-c2ccccc2)nc2ccccc2c1=O. The maximum atomic E-state index is 13.7. The molecular weight excluding hydrogens is 452 g/mol. The summed E-state index contributed by atoms with van der Waals surface area (Å²) in [5, 5.41) is 11.7. The van der Waals surface area contributed by atoms with Gasteiger partial charge in [-0.1, -0.05) is 72.8 Å². The summed E-state index contributed by atoms with van der Waals surface area (Å²) in [5.74, 6) is 0.269. The molecule has 0 atom stereocenters. The normalized spacial score (nSPS) is 13.9. The molecule has 0 aliphatic heterocycles. The van der Waals surface area contributed by atoms with Crippen molar-refractivity contribution in [3.05, 3.63) is 118 Å². The Kier molecular flexibility index (Phi) is 4.97. The number of fused-ring (bicyclic) bond motifs is 2. The van der Waals surface area contributed by atoms with Crippen molar-refractivity contribution in [1.82, 2.24) is 19.3 Å². The smallest absolute Gasteiger partial charge is 0.281 e. The highest BCUT2D eigenvalue weighted by molar-refractivity contribution is 6.33. The van der Waals surface area contributed by atoms with Crippen molar-refractivity contribution in [2.45, 2.75) is 6.92 Å². The van der Waals surface area contributed by atoms with Gasteiger partial charge in [-0.25, -0.2) is 9.97 Å². The number of carbonyl (C=O) groups excluding carboxylic acids is 1. The van der Waals surface area contributed by atoms with Gasteiger partial charge >= 0.3 is 0 Å². The number of benzene rings is 3. The van der Waals surface area contributed by atoms with Crippen molar-refractivity contribution >= 4 is 34.4 Å². The van der Waals surface area contributed by atoms with Crippen LogP contribution in [-0.4, -0.2) is 30.2 Å². The summed E-state index contributed by atoms with van der Waals surface area (Å²) in [5.41, 5.74) is 3.16. The van der Waals surface area contributed by atoms with Gasteiger partial charge < -0.3 is 5.11 Å².